The number of unbranched alkanes of at least 4 members (excludes halogenated alkanes) is 2. The van der Waals surface area contributed by atoms with Gasteiger partial charge in [-0.2, -0.15) is 0 Å². The Kier molecular flexibility index (Phi) is 7.53. The number of carboxylic acid groups (broad SMARTS) is 1. The minimum Gasteiger partial charge on any atom is -0.477 e. The Morgan fingerprint density at radius 1 is 1.43 bits per heavy atom. The van der Waals surface area contributed by atoms with Crippen LogP contribution in [0.2, 0.25) is 0 Å². The number of carboxylic acids is 1. The molecule has 78 valence electrons. The van der Waals surface area contributed by atoms with Crippen LogP contribution in [0.5, 0.6) is 0 Å². The summed E-state index contributed by atoms with van der Waals surface area (Å²) in [6.45, 7) is 4.73. The molecule has 0 aliphatic heterocycles. The van der Waals surface area contributed by atoms with Crippen LogP contribution in [0.4, 0.5) is 0 Å². The second-order valence-corrected chi connectivity index (χ2v) is 3.06. The van der Waals surface area contributed by atoms with Crippen LogP contribution in [0.25, 0.3) is 4.85 Å². The Morgan fingerprint density at radius 2 is 2.14 bits per heavy atom. The molecular formula is C11H18NO2+. The average Bonchev–Trinajstić information content (AvgIpc) is 2.16. The van der Waals surface area contributed by atoms with Gasteiger partial charge in [0.05, 0.1) is 0 Å². The molecule has 0 atom stereocenters. The van der Waals surface area contributed by atoms with Crippen LogP contribution in [-0.4, -0.2) is 17.6 Å². The molecule has 14 heavy (non-hydrogen) atoms. The number of nitrogens with zero attached hydrogens (tertiary/aromatic N) is 1. The molecule has 0 aliphatic carbocycles. The van der Waals surface area contributed by atoms with E-state index in [0.717, 1.165) is 25.7 Å². The summed E-state index contributed by atoms with van der Waals surface area (Å²) in [5.74, 6) is -0.946. The van der Waals surface area contributed by atoms with Gasteiger partial charge < -0.3 is 5.11 Å². The van der Waals surface area contributed by atoms with Crippen molar-refractivity contribution < 1.29 is 9.90 Å². The molecule has 0 saturated heterocycles. The minimum atomic E-state index is -0.946. The number of rotatable bonds is 5. The fraction of sp³-hybridized carbons (Fsp3) is 0.636. The number of hydrogen-bond donors (Lipinski definition) is 1. The fourth-order valence-electron chi connectivity index (χ4n) is 0.848. The standard InChI is InChI=1S/C11H17NO2/c1-3-5-7-10(11(13)14)9-12-8-6-4-2/h7H,3-6,8H2,1-2H3/p+1. The van der Waals surface area contributed by atoms with E-state index in [0.29, 0.717) is 6.54 Å². The van der Waals surface area contributed by atoms with E-state index in [1.807, 2.05) is 6.92 Å². The molecule has 0 bridgehead atoms. The van der Waals surface area contributed by atoms with Gasteiger partial charge in [-0.1, -0.05) is 31.2 Å². The van der Waals surface area contributed by atoms with Crippen LogP contribution in [0.1, 0.15) is 39.5 Å². The van der Waals surface area contributed by atoms with Crippen molar-refractivity contribution in [3.63, 3.8) is 0 Å². The maximum Gasteiger partial charge on any atom is 0.350 e. The first-order valence-electron chi connectivity index (χ1n) is 5.08. The van der Waals surface area contributed by atoms with E-state index in [1.165, 1.54) is 0 Å². The van der Waals surface area contributed by atoms with E-state index in [1.54, 1.807) is 6.08 Å². The molecule has 0 unspecified atom stereocenters. The molecule has 1 N–H and O–H groups in total. The van der Waals surface area contributed by atoms with Crippen molar-refractivity contribution in [3.8, 4) is 6.07 Å². The number of allylic oxidation sites excluding steroid dienone is 1. The van der Waals surface area contributed by atoms with E-state index < -0.39 is 5.97 Å². The monoisotopic (exact) mass is 196 g/mol. The van der Waals surface area contributed by atoms with Crippen molar-refractivity contribution in [1.82, 2.24) is 0 Å². The molecule has 3 nitrogen and oxygen atoms in total. The average molecular weight is 196 g/mol. The van der Waals surface area contributed by atoms with Crippen LogP contribution in [0, 0.1) is 6.07 Å². The molecule has 0 heterocycles. The molecule has 0 spiro atoms. The van der Waals surface area contributed by atoms with Crippen molar-refractivity contribution in [1.29, 1.82) is 0 Å². The lowest BCUT2D eigenvalue weighted by atomic mass is 10.2. The van der Waals surface area contributed by atoms with Crippen LogP contribution in [0.3, 0.4) is 0 Å². The zero-order chi connectivity index (χ0) is 10.8. The normalized spacial score (nSPS) is 10.6. The molecule has 3 heteroatoms. The molecule has 0 rings (SSSR count). The zero-order valence-electron chi connectivity index (χ0n) is 8.92. The van der Waals surface area contributed by atoms with Gasteiger partial charge >= 0.3 is 12.0 Å². The second-order valence-electron chi connectivity index (χ2n) is 3.06. The van der Waals surface area contributed by atoms with E-state index in [2.05, 4.69) is 17.8 Å². The van der Waals surface area contributed by atoms with E-state index in [4.69, 9.17) is 5.11 Å². The van der Waals surface area contributed by atoms with Crippen molar-refractivity contribution in [3.05, 3.63) is 16.5 Å². The van der Waals surface area contributed by atoms with Gasteiger partial charge in [-0.05, 0) is 12.8 Å². The third-order valence-electron chi connectivity index (χ3n) is 1.69. The van der Waals surface area contributed by atoms with Gasteiger partial charge in [0.25, 0.3) is 6.54 Å². The van der Waals surface area contributed by atoms with Crippen molar-refractivity contribution in [2.45, 2.75) is 39.5 Å². The van der Waals surface area contributed by atoms with Crippen LogP contribution in [0.15, 0.2) is 11.6 Å². The highest BCUT2D eigenvalue weighted by Crippen LogP contribution is 1.99. The summed E-state index contributed by atoms with van der Waals surface area (Å²) in [7, 11) is 0. The predicted octanol–water partition coefficient (Wildman–Crippen LogP) is 2.93. The van der Waals surface area contributed by atoms with Crippen LogP contribution < -0.4 is 0 Å². The summed E-state index contributed by atoms with van der Waals surface area (Å²) >= 11 is 0. The number of aliphatic carboxylic acids is 1. The Morgan fingerprint density at radius 3 is 2.64 bits per heavy atom. The Hall–Kier alpha value is -1.30. The van der Waals surface area contributed by atoms with Gasteiger partial charge in [0, 0.05) is 6.42 Å². The molecule has 0 fully saturated rings. The van der Waals surface area contributed by atoms with Crippen LogP contribution in [-0.2, 0) is 4.79 Å². The quantitative estimate of drug-likeness (QED) is 0.417. The number of carbonyl (C=O) groups is 1. The lowest BCUT2D eigenvalue weighted by Gasteiger charge is -1.85. The molecule has 0 amide bonds. The smallest absolute Gasteiger partial charge is 0.350 e. The fourth-order valence-corrected chi connectivity index (χ4v) is 0.848. The predicted molar refractivity (Wildman–Crippen MR) is 57.6 cm³/mol. The summed E-state index contributed by atoms with van der Waals surface area (Å²) in [5, 5.41) is 8.77. The highest BCUT2D eigenvalue weighted by molar-refractivity contribution is 5.91. The van der Waals surface area contributed by atoms with Gasteiger partial charge in [-0.15, -0.1) is 0 Å². The molecule has 0 radical (unpaired) electrons. The van der Waals surface area contributed by atoms with Gasteiger partial charge in [-0.3, -0.25) is 0 Å². The SMILES string of the molecule is CCCC=C(C#[N+]CCCC)C(=O)O. The van der Waals surface area contributed by atoms with Gasteiger partial charge in [0.15, 0.2) is 5.57 Å². The lowest BCUT2D eigenvalue weighted by Crippen LogP contribution is -1.97. The summed E-state index contributed by atoms with van der Waals surface area (Å²) in [4.78, 5) is 14.6. The first-order chi connectivity index (χ1) is 6.72. The molecule has 0 aromatic carbocycles. The van der Waals surface area contributed by atoms with E-state index >= 15 is 0 Å². The number of hydrogen-bond acceptors (Lipinski definition) is 1. The lowest BCUT2D eigenvalue weighted by molar-refractivity contribution is -0.132. The Labute approximate surface area is 85.3 Å². The zero-order valence-corrected chi connectivity index (χ0v) is 8.92. The highest BCUT2D eigenvalue weighted by atomic mass is 16.4. The largest absolute Gasteiger partial charge is 0.477 e. The maximum atomic E-state index is 10.7. The Bertz CT molecular complexity index is 258. The van der Waals surface area contributed by atoms with Crippen LogP contribution >= 0.6 is 0 Å². The van der Waals surface area contributed by atoms with Gasteiger partial charge in [0.2, 0.25) is 0 Å². The molecule has 0 aliphatic rings. The van der Waals surface area contributed by atoms with E-state index in [9.17, 15) is 4.79 Å². The van der Waals surface area contributed by atoms with Gasteiger partial charge in [0.1, 0.15) is 0 Å². The molecule has 0 aromatic rings. The van der Waals surface area contributed by atoms with Crippen molar-refractivity contribution in [2.75, 3.05) is 6.54 Å². The first kappa shape index (κ1) is 12.7. The summed E-state index contributed by atoms with van der Waals surface area (Å²) in [6.07, 6.45) is 5.41. The first-order valence-corrected chi connectivity index (χ1v) is 5.08. The molecule has 0 saturated carbocycles. The molecular weight excluding hydrogens is 178 g/mol. The molecule has 0 aromatic heterocycles. The Balaban J connectivity index is 4.20. The highest BCUT2D eigenvalue weighted by Gasteiger charge is 2.08. The topological polar surface area (TPSA) is 41.7 Å². The minimum absolute atomic E-state index is 0.183. The van der Waals surface area contributed by atoms with Crippen molar-refractivity contribution >= 4 is 5.97 Å². The summed E-state index contributed by atoms with van der Waals surface area (Å²) in [5.41, 5.74) is 0.183. The third-order valence-corrected chi connectivity index (χ3v) is 1.69. The van der Waals surface area contributed by atoms with Gasteiger partial charge in [-0.25, -0.2) is 4.79 Å². The van der Waals surface area contributed by atoms with Crippen molar-refractivity contribution in [2.24, 2.45) is 0 Å². The van der Waals surface area contributed by atoms with E-state index in [-0.39, 0.29) is 5.57 Å². The summed E-state index contributed by atoms with van der Waals surface area (Å²) < 4.78 is 0. The second kappa shape index (κ2) is 8.31. The third kappa shape index (κ3) is 6.24. The summed E-state index contributed by atoms with van der Waals surface area (Å²) in [6, 6.07) is 2.58. The maximum absolute atomic E-state index is 10.7.